The number of likely N-dealkylation sites (N-methyl/N-ethyl adjacent to an activating group) is 1. The smallest absolute Gasteiger partial charge is 0.304 e. The fraction of sp³-hybridized carbons (Fsp3) is 0.452. The minimum absolute atomic E-state index is 0.0175. The Bertz CT molecular complexity index is 1440. The van der Waals surface area contributed by atoms with E-state index in [1.807, 2.05) is 49.0 Å². The Balaban J connectivity index is 1.30. The van der Waals surface area contributed by atoms with E-state index in [0.717, 1.165) is 73.0 Å². The molecule has 1 aromatic carbocycles. The first-order chi connectivity index (χ1) is 19.4. The topological polar surface area (TPSA) is 104 Å². The molecule has 2 aromatic heterocycles. The Morgan fingerprint density at radius 1 is 1.12 bits per heavy atom. The van der Waals surface area contributed by atoms with Crippen molar-refractivity contribution >= 4 is 34.3 Å². The number of fused-ring (bicyclic) bond motifs is 1. The van der Waals surface area contributed by atoms with Gasteiger partial charge in [-0.2, -0.15) is 0 Å². The minimum atomic E-state index is -0.927. The van der Waals surface area contributed by atoms with Crippen molar-refractivity contribution in [1.29, 1.82) is 0 Å². The number of pyridine rings is 1. The van der Waals surface area contributed by atoms with Crippen molar-refractivity contribution in [3.8, 4) is 22.4 Å². The first kappa shape index (κ1) is 26.6. The van der Waals surface area contributed by atoms with Gasteiger partial charge in [-0.1, -0.05) is 49.9 Å². The molecule has 3 heterocycles. The van der Waals surface area contributed by atoms with Gasteiger partial charge in [0.2, 0.25) is 5.91 Å². The molecule has 0 saturated heterocycles. The van der Waals surface area contributed by atoms with Crippen LogP contribution in [0.15, 0.2) is 41.9 Å². The van der Waals surface area contributed by atoms with E-state index >= 15 is 0 Å². The molecule has 1 N–H and O–H groups in total. The zero-order valence-corrected chi connectivity index (χ0v) is 23.5. The van der Waals surface area contributed by atoms with Crippen molar-refractivity contribution in [3.63, 3.8) is 0 Å². The maximum atomic E-state index is 13.9. The quantitative estimate of drug-likeness (QED) is 0.363. The number of hydrogen-bond donors (Lipinski definition) is 1. The first-order valence-electron chi connectivity index (χ1n) is 14.2. The van der Waals surface area contributed by atoms with Gasteiger partial charge in [0, 0.05) is 54.7 Å². The molecule has 9 heteroatoms. The molecule has 0 radical (unpaired) electrons. The number of carbonyl (C=O) groups excluding carboxylic acids is 2. The zero-order chi connectivity index (χ0) is 27.8. The molecular formula is C31H34N4O4S. The van der Waals surface area contributed by atoms with Crippen molar-refractivity contribution in [2.75, 3.05) is 18.5 Å². The van der Waals surface area contributed by atoms with Crippen LogP contribution < -0.4 is 4.90 Å². The van der Waals surface area contributed by atoms with Crippen molar-refractivity contribution in [1.82, 2.24) is 14.9 Å². The standard InChI is InChI=1S/C31H34N4O4S/c1-34-13-12-26-25(30(34)39)15-21(17-32-26)23-8-4-5-9-24(23)27-18-40-31(33-27)35(22-10-11-22)29(38)20(16-28(36)37)14-19-6-2-3-7-19/h4-5,8-9,15,17-20,22H,2-3,6-7,10-14,16H2,1H3,(H,36,37). The number of benzene rings is 1. The fourth-order valence-electron chi connectivity index (χ4n) is 6.15. The summed E-state index contributed by atoms with van der Waals surface area (Å²) in [4.78, 5) is 51.4. The summed E-state index contributed by atoms with van der Waals surface area (Å²) in [6, 6.07) is 9.91. The second-order valence-corrected chi connectivity index (χ2v) is 12.2. The summed E-state index contributed by atoms with van der Waals surface area (Å²) < 4.78 is 0. The van der Waals surface area contributed by atoms with E-state index in [4.69, 9.17) is 4.98 Å². The number of nitrogens with zero attached hydrogens (tertiary/aromatic N) is 4. The summed E-state index contributed by atoms with van der Waals surface area (Å²) in [6.07, 6.45) is 9.33. The number of hydrogen-bond acceptors (Lipinski definition) is 6. The van der Waals surface area contributed by atoms with E-state index in [1.165, 1.54) is 11.3 Å². The summed E-state index contributed by atoms with van der Waals surface area (Å²) in [5, 5.41) is 12.2. The van der Waals surface area contributed by atoms with E-state index in [9.17, 15) is 19.5 Å². The van der Waals surface area contributed by atoms with Crippen LogP contribution in [0.4, 0.5) is 5.13 Å². The van der Waals surface area contributed by atoms with Crippen LogP contribution in [0.5, 0.6) is 0 Å². The highest BCUT2D eigenvalue weighted by Gasteiger charge is 2.40. The highest BCUT2D eigenvalue weighted by molar-refractivity contribution is 7.14. The van der Waals surface area contributed by atoms with Crippen LogP contribution in [0.25, 0.3) is 22.4 Å². The summed E-state index contributed by atoms with van der Waals surface area (Å²) >= 11 is 1.43. The van der Waals surface area contributed by atoms with E-state index in [1.54, 1.807) is 9.80 Å². The summed E-state index contributed by atoms with van der Waals surface area (Å²) in [5.41, 5.74) is 4.88. The molecule has 2 amide bonds. The highest BCUT2D eigenvalue weighted by atomic mass is 32.1. The largest absolute Gasteiger partial charge is 0.481 e. The summed E-state index contributed by atoms with van der Waals surface area (Å²) in [6.45, 7) is 0.667. The van der Waals surface area contributed by atoms with Gasteiger partial charge in [0.1, 0.15) is 0 Å². The highest BCUT2D eigenvalue weighted by Crippen LogP contribution is 2.41. The lowest BCUT2D eigenvalue weighted by Crippen LogP contribution is -2.39. The molecule has 1 aliphatic heterocycles. The lowest BCUT2D eigenvalue weighted by Gasteiger charge is -2.26. The number of carbonyl (C=O) groups is 3. The number of carboxylic acid groups (broad SMARTS) is 1. The van der Waals surface area contributed by atoms with Crippen molar-refractivity contribution in [2.24, 2.45) is 11.8 Å². The molecule has 2 fully saturated rings. The van der Waals surface area contributed by atoms with Crippen LogP contribution >= 0.6 is 11.3 Å². The maximum Gasteiger partial charge on any atom is 0.304 e. The lowest BCUT2D eigenvalue weighted by atomic mass is 9.90. The molecule has 1 unspecified atom stereocenters. The van der Waals surface area contributed by atoms with Crippen molar-refractivity contribution in [2.45, 2.75) is 63.8 Å². The van der Waals surface area contributed by atoms with Gasteiger partial charge in [-0.05, 0) is 36.8 Å². The van der Waals surface area contributed by atoms with Crippen LogP contribution in [0.3, 0.4) is 0 Å². The van der Waals surface area contributed by atoms with Crippen LogP contribution in [-0.2, 0) is 16.0 Å². The van der Waals surface area contributed by atoms with E-state index in [0.29, 0.717) is 29.6 Å². The van der Waals surface area contributed by atoms with Gasteiger partial charge in [-0.15, -0.1) is 11.3 Å². The molecule has 0 spiro atoms. The zero-order valence-electron chi connectivity index (χ0n) is 22.7. The number of aromatic nitrogens is 2. The molecule has 6 rings (SSSR count). The Morgan fingerprint density at radius 3 is 2.60 bits per heavy atom. The molecule has 3 aliphatic rings. The second kappa shape index (κ2) is 11.1. The average molecular weight is 559 g/mol. The third-order valence-electron chi connectivity index (χ3n) is 8.46. The Morgan fingerprint density at radius 2 is 1.88 bits per heavy atom. The molecule has 40 heavy (non-hydrogen) atoms. The monoisotopic (exact) mass is 558 g/mol. The second-order valence-electron chi connectivity index (χ2n) is 11.4. The molecule has 1 atom stereocenters. The third kappa shape index (κ3) is 5.39. The van der Waals surface area contributed by atoms with Crippen LogP contribution in [0, 0.1) is 11.8 Å². The van der Waals surface area contributed by atoms with Gasteiger partial charge in [-0.25, -0.2) is 4.98 Å². The molecule has 2 aliphatic carbocycles. The summed E-state index contributed by atoms with van der Waals surface area (Å²) in [7, 11) is 1.81. The minimum Gasteiger partial charge on any atom is -0.481 e. The van der Waals surface area contributed by atoms with Gasteiger partial charge in [0.15, 0.2) is 5.13 Å². The van der Waals surface area contributed by atoms with Crippen LogP contribution in [0.2, 0.25) is 0 Å². The van der Waals surface area contributed by atoms with E-state index in [2.05, 4.69) is 4.98 Å². The Labute approximate surface area is 238 Å². The Hall–Kier alpha value is -3.59. The van der Waals surface area contributed by atoms with E-state index < -0.39 is 11.9 Å². The fourth-order valence-corrected chi connectivity index (χ4v) is 7.05. The van der Waals surface area contributed by atoms with Gasteiger partial charge in [0.05, 0.1) is 23.4 Å². The van der Waals surface area contributed by atoms with Gasteiger partial charge >= 0.3 is 5.97 Å². The van der Waals surface area contributed by atoms with Gasteiger partial charge in [0.25, 0.3) is 5.91 Å². The average Bonchev–Trinajstić information content (AvgIpc) is 3.42. The van der Waals surface area contributed by atoms with Gasteiger partial charge in [-0.3, -0.25) is 24.3 Å². The maximum absolute atomic E-state index is 13.9. The van der Waals surface area contributed by atoms with E-state index in [-0.39, 0.29) is 24.3 Å². The molecule has 3 aromatic rings. The van der Waals surface area contributed by atoms with Crippen molar-refractivity contribution < 1.29 is 19.5 Å². The molecular weight excluding hydrogens is 524 g/mol. The summed E-state index contributed by atoms with van der Waals surface area (Å²) in [5.74, 6) is -1.16. The number of thiazole rings is 1. The van der Waals surface area contributed by atoms with Crippen molar-refractivity contribution in [3.05, 3.63) is 53.2 Å². The number of carboxylic acids is 1. The number of anilines is 1. The van der Waals surface area contributed by atoms with Crippen LogP contribution in [-0.4, -0.2) is 57.4 Å². The normalized spacial score (nSPS) is 18.0. The number of rotatable bonds is 9. The molecule has 208 valence electrons. The number of amides is 2. The lowest BCUT2D eigenvalue weighted by molar-refractivity contribution is -0.141. The predicted octanol–water partition coefficient (Wildman–Crippen LogP) is 5.67. The molecule has 8 nitrogen and oxygen atoms in total. The Kier molecular flexibility index (Phi) is 7.40. The number of aliphatic carboxylic acids is 1. The SMILES string of the molecule is CN1CCc2ncc(-c3ccccc3-c3csc(N(C(=O)C(CC(=O)O)CC4CCCC4)C4CC4)n3)cc2C1=O. The molecule has 0 bridgehead atoms. The first-order valence-corrected chi connectivity index (χ1v) is 15.1. The third-order valence-corrected chi connectivity index (χ3v) is 9.30. The van der Waals surface area contributed by atoms with Gasteiger partial charge < -0.3 is 10.0 Å². The predicted molar refractivity (Wildman–Crippen MR) is 154 cm³/mol. The molecule has 2 saturated carbocycles. The van der Waals surface area contributed by atoms with Crippen LogP contribution in [0.1, 0.15) is 67.4 Å².